The molecule has 0 fully saturated rings. The van der Waals surface area contributed by atoms with Gasteiger partial charge in [0.25, 0.3) is 0 Å². The zero-order valence-electron chi connectivity index (χ0n) is 22.9. The molecule has 41 heavy (non-hydrogen) atoms. The molecule has 4 aromatic carbocycles. The Kier molecular flexibility index (Phi) is 6.97. The average molecular weight is 540 g/mol. The Morgan fingerprint density at radius 2 is 1.32 bits per heavy atom. The number of imidazole rings is 1. The summed E-state index contributed by atoms with van der Waals surface area (Å²) in [6.45, 7) is 0.416. The molecule has 0 atom stereocenters. The Morgan fingerprint density at radius 3 is 1.83 bits per heavy atom. The lowest BCUT2D eigenvalue weighted by atomic mass is 9.77. The smallest absolute Gasteiger partial charge is 0.162 e. The molecule has 0 aliphatic heterocycles. The first-order valence-corrected chi connectivity index (χ1v) is 13.4. The van der Waals surface area contributed by atoms with Crippen molar-refractivity contribution >= 4 is 10.9 Å². The molecule has 2 aromatic heterocycles. The third kappa shape index (κ3) is 4.50. The molecule has 0 N–H and O–H groups in total. The predicted molar refractivity (Wildman–Crippen MR) is 158 cm³/mol. The van der Waals surface area contributed by atoms with E-state index in [0.29, 0.717) is 23.7 Å². The second-order valence-corrected chi connectivity index (χ2v) is 9.74. The maximum atomic E-state index is 9.45. The highest BCUT2D eigenvalue weighted by molar-refractivity contribution is 5.86. The minimum absolute atomic E-state index is 0.187. The van der Waals surface area contributed by atoms with Gasteiger partial charge >= 0.3 is 0 Å². The van der Waals surface area contributed by atoms with Crippen molar-refractivity contribution in [3.05, 3.63) is 144 Å². The van der Waals surface area contributed by atoms with Gasteiger partial charge in [-0.3, -0.25) is 4.68 Å². The van der Waals surface area contributed by atoms with Crippen LogP contribution in [0.2, 0.25) is 0 Å². The number of aromatic nitrogens is 4. The Morgan fingerprint density at radius 1 is 0.780 bits per heavy atom. The van der Waals surface area contributed by atoms with Crippen LogP contribution in [0.1, 0.15) is 28.1 Å². The SMILES string of the molecule is COc1cc2c(CC#N)nn(Cc3cn(C(c4ccccc4)(c4ccccc4)c4ccccc4)cn3)c2cc1OC. The summed E-state index contributed by atoms with van der Waals surface area (Å²) >= 11 is 0. The van der Waals surface area contributed by atoms with E-state index in [1.165, 1.54) is 0 Å². The highest BCUT2D eigenvalue weighted by Crippen LogP contribution is 2.41. The number of methoxy groups -OCH3 is 2. The Hall–Kier alpha value is -5.35. The van der Waals surface area contributed by atoms with Crippen LogP contribution in [0.4, 0.5) is 0 Å². The number of ether oxygens (including phenoxy) is 2. The van der Waals surface area contributed by atoms with Crippen molar-refractivity contribution in [3.8, 4) is 17.6 Å². The summed E-state index contributed by atoms with van der Waals surface area (Å²) in [5, 5.41) is 15.1. The molecule has 6 rings (SSSR count). The highest BCUT2D eigenvalue weighted by Gasteiger charge is 2.38. The zero-order chi connectivity index (χ0) is 28.2. The molecule has 0 bridgehead atoms. The lowest BCUT2D eigenvalue weighted by Gasteiger charge is -2.37. The molecule has 0 radical (unpaired) electrons. The zero-order valence-corrected chi connectivity index (χ0v) is 22.9. The van der Waals surface area contributed by atoms with E-state index in [0.717, 1.165) is 33.3 Å². The number of hydrogen-bond donors (Lipinski definition) is 0. The Bertz CT molecular complexity index is 1720. The second kappa shape index (κ2) is 11.0. The second-order valence-electron chi connectivity index (χ2n) is 9.74. The van der Waals surface area contributed by atoms with Crippen LogP contribution in [0.5, 0.6) is 11.5 Å². The van der Waals surface area contributed by atoms with Gasteiger partial charge < -0.3 is 14.0 Å². The maximum Gasteiger partial charge on any atom is 0.162 e. The van der Waals surface area contributed by atoms with Crippen LogP contribution in [0, 0.1) is 11.3 Å². The van der Waals surface area contributed by atoms with Crippen molar-refractivity contribution in [1.29, 1.82) is 5.26 Å². The fraction of sp³-hybridized carbons (Fsp3) is 0.147. The van der Waals surface area contributed by atoms with Gasteiger partial charge in [0.15, 0.2) is 11.5 Å². The van der Waals surface area contributed by atoms with Gasteiger partial charge in [0.1, 0.15) is 5.54 Å². The van der Waals surface area contributed by atoms with Gasteiger partial charge in [-0.15, -0.1) is 0 Å². The third-order valence-corrected chi connectivity index (χ3v) is 7.49. The standard InChI is InChI=1S/C34H29N5O2/c1-40-32-20-29-30(18-19-35)37-39(31(29)21-33(32)41-2)23-28-22-38(24-36-28)34(25-12-6-3-7-13-25,26-14-8-4-9-15-26)27-16-10-5-11-17-27/h3-17,20-22,24H,18,23H2,1-2H3. The van der Waals surface area contributed by atoms with Crippen LogP contribution in [0.15, 0.2) is 116 Å². The number of rotatable bonds is 9. The van der Waals surface area contributed by atoms with E-state index < -0.39 is 5.54 Å². The molecule has 7 heteroatoms. The monoisotopic (exact) mass is 539 g/mol. The minimum atomic E-state index is -0.649. The summed E-state index contributed by atoms with van der Waals surface area (Å²) in [6.07, 6.45) is 4.17. The van der Waals surface area contributed by atoms with Gasteiger partial charge in [0, 0.05) is 17.6 Å². The van der Waals surface area contributed by atoms with Gasteiger partial charge in [-0.05, 0) is 22.8 Å². The third-order valence-electron chi connectivity index (χ3n) is 7.49. The number of benzene rings is 4. The summed E-state index contributed by atoms with van der Waals surface area (Å²) in [5.41, 5.74) is 5.10. The summed E-state index contributed by atoms with van der Waals surface area (Å²) in [5.74, 6) is 1.20. The normalized spacial score (nSPS) is 11.3. The molecule has 0 amide bonds. The molecule has 0 aliphatic rings. The van der Waals surface area contributed by atoms with Crippen molar-refractivity contribution < 1.29 is 9.47 Å². The van der Waals surface area contributed by atoms with Gasteiger partial charge in [0.2, 0.25) is 0 Å². The summed E-state index contributed by atoms with van der Waals surface area (Å²) < 4.78 is 15.1. The number of nitrogens with zero attached hydrogens (tertiary/aromatic N) is 5. The van der Waals surface area contributed by atoms with Crippen LogP contribution in [-0.2, 0) is 18.5 Å². The van der Waals surface area contributed by atoms with E-state index in [2.05, 4.69) is 89.6 Å². The first-order chi connectivity index (χ1) is 20.2. The van der Waals surface area contributed by atoms with Crippen molar-refractivity contribution in [2.45, 2.75) is 18.5 Å². The van der Waals surface area contributed by atoms with Crippen molar-refractivity contribution in [2.24, 2.45) is 0 Å². The van der Waals surface area contributed by atoms with Crippen LogP contribution >= 0.6 is 0 Å². The summed E-state index contributed by atoms with van der Waals surface area (Å²) in [4.78, 5) is 4.87. The summed E-state index contributed by atoms with van der Waals surface area (Å²) in [7, 11) is 3.21. The molecular weight excluding hydrogens is 510 g/mol. The van der Waals surface area contributed by atoms with E-state index in [9.17, 15) is 5.26 Å². The van der Waals surface area contributed by atoms with Crippen LogP contribution in [0.3, 0.4) is 0 Å². The Balaban J connectivity index is 1.51. The highest BCUT2D eigenvalue weighted by atomic mass is 16.5. The molecule has 0 unspecified atom stereocenters. The van der Waals surface area contributed by atoms with E-state index >= 15 is 0 Å². The molecule has 0 saturated carbocycles. The largest absolute Gasteiger partial charge is 0.493 e. The molecule has 6 aromatic rings. The number of hydrogen-bond acceptors (Lipinski definition) is 5. The summed E-state index contributed by atoms with van der Waals surface area (Å²) in [6, 6.07) is 37.5. The van der Waals surface area contributed by atoms with Crippen molar-refractivity contribution in [2.75, 3.05) is 14.2 Å². The fourth-order valence-electron chi connectivity index (χ4n) is 5.66. The van der Waals surface area contributed by atoms with Crippen molar-refractivity contribution in [1.82, 2.24) is 19.3 Å². The Labute approximate surface area is 238 Å². The molecule has 0 spiro atoms. The molecule has 2 heterocycles. The van der Waals surface area contributed by atoms with Gasteiger partial charge in [-0.1, -0.05) is 91.0 Å². The maximum absolute atomic E-state index is 9.45. The first-order valence-electron chi connectivity index (χ1n) is 13.4. The molecule has 202 valence electrons. The lowest BCUT2D eigenvalue weighted by Crippen LogP contribution is -2.36. The van der Waals surface area contributed by atoms with E-state index in [-0.39, 0.29) is 6.42 Å². The minimum Gasteiger partial charge on any atom is -0.493 e. The van der Waals surface area contributed by atoms with Crippen LogP contribution in [0.25, 0.3) is 10.9 Å². The van der Waals surface area contributed by atoms with Crippen LogP contribution < -0.4 is 9.47 Å². The molecule has 7 nitrogen and oxygen atoms in total. The van der Waals surface area contributed by atoms with Gasteiger partial charge in [0.05, 0.1) is 56.5 Å². The topological polar surface area (TPSA) is 77.9 Å². The molecular formula is C34H29N5O2. The lowest BCUT2D eigenvalue weighted by molar-refractivity contribution is 0.355. The molecule has 0 aliphatic carbocycles. The van der Waals surface area contributed by atoms with Crippen LogP contribution in [-0.4, -0.2) is 33.6 Å². The number of nitriles is 1. The fourth-order valence-corrected chi connectivity index (χ4v) is 5.66. The predicted octanol–water partition coefficient (Wildman–Crippen LogP) is 6.20. The number of fused-ring (bicyclic) bond motifs is 1. The quantitative estimate of drug-likeness (QED) is 0.204. The molecule has 0 saturated heterocycles. The van der Waals surface area contributed by atoms with E-state index in [4.69, 9.17) is 19.6 Å². The first kappa shape index (κ1) is 25.9. The van der Waals surface area contributed by atoms with Crippen molar-refractivity contribution in [3.63, 3.8) is 0 Å². The van der Waals surface area contributed by atoms with Gasteiger partial charge in [-0.2, -0.15) is 10.4 Å². The van der Waals surface area contributed by atoms with E-state index in [1.807, 2.05) is 41.3 Å². The van der Waals surface area contributed by atoms with Gasteiger partial charge in [-0.25, -0.2) is 4.98 Å². The average Bonchev–Trinajstić information content (AvgIpc) is 3.63. The van der Waals surface area contributed by atoms with E-state index in [1.54, 1.807) is 14.2 Å².